The molecule has 0 bridgehead atoms. The minimum Gasteiger partial charge on any atom is -0.381 e. The van der Waals surface area contributed by atoms with Gasteiger partial charge in [-0.1, -0.05) is 30.3 Å². The van der Waals surface area contributed by atoms with E-state index in [4.69, 9.17) is 9.47 Å². The fourth-order valence-electron chi connectivity index (χ4n) is 3.58. The smallest absolute Gasteiger partial charge is 0.113 e. The molecule has 27 heavy (non-hydrogen) atoms. The van der Waals surface area contributed by atoms with Crippen LogP contribution in [0.25, 0.3) is 22.2 Å². The van der Waals surface area contributed by atoms with E-state index in [1.165, 1.54) is 0 Å². The Bertz CT molecular complexity index is 873. The zero-order valence-electron chi connectivity index (χ0n) is 15.3. The molecule has 0 radical (unpaired) electrons. The second kappa shape index (κ2) is 8.55. The van der Waals surface area contributed by atoms with Crippen molar-refractivity contribution in [2.24, 2.45) is 0 Å². The minimum atomic E-state index is -0.461. The molecule has 0 saturated carbocycles. The number of ether oxygens (including phenoxy) is 2. The molecule has 1 aliphatic rings. The summed E-state index contributed by atoms with van der Waals surface area (Å²) in [6.07, 6.45) is 1.99. The van der Waals surface area contributed by atoms with Gasteiger partial charge in [0.25, 0.3) is 0 Å². The summed E-state index contributed by atoms with van der Waals surface area (Å²) in [5.41, 5.74) is 5.45. The van der Waals surface area contributed by atoms with E-state index in [0.29, 0.717) is 12.6 Å². The topological polar surface area (TPSA) is 46.3 Å². The maximum atomic E-state index is 12.4. The number of hydrogen-bond donors (Lipinski definition) is 2. The van der Waals surface area contributed by atoms with Crippen LogP contribution >= 0.6 is 0 Å². The Morgan fingerprint density at radius 2 is 1.93 bits per heavy atom. The molecular formula is C22H25FN2O2. The van der Waals surface area contributed by atoms with Crippen LogP contribution in [-0.2, 0) is 16.1 Å². The number of H-pyrrole nitrogens is 1. The zero-order valence-corrected chi connectivity index (χ0v) is 15.3. The molecule has 1 fully saturated rings. The number of halogens is 1. The van der Waals surface area contributed by atoms with Crippen LogP contribution in [0.5, 0.6) is 0 Å². The van der Waals surface area contributed by atoms with Crippen molar-refractivity contribution < 1.29 is 13.9 Å². The van der Waals surface area contributed by atoms with Crippen LogP contribution in [0.15, 0.2) is 48.5 Å². The van der Waals surface area contributed by atoms with E-state index in [9.17, 15) is 4.39 Å². The van der Waals surface area contributed by atoms with Crippen molar-refractivity contribution in [3.8, 4) is 11.3 Å². The summed E-state index contributed by atoms with van der Waals surface area (Å²) in [5.74, 6) is 0. The van der Waals surface area contributed by atoms with Gasteiger partial charge in [-0.25, -0.2) is 4.39 Å². The van der Waals surface area contributed by atoms with Crippen molar-refractivity contribution in [3.63, 3.8) is 0 Å². The third-order valence-electron chi connectivity index (χ3n) is 4.94. The lowest BCUT2D eigenvalue weighted by Crippen LogP contribution is -2.28. The number of aromatic amines is 1. The lowest BCUT2D eigenvalue weighted by Gasteiger charge is -2.24. The molecule has 2 N–H and O–H groups in total. The summed E-state index contributed by atoms with van der Waals surface area (Å²) in [4.78, 5) is 3.57. The quantitative estimate of drug-likeness (QED) is 0.583. The molecule has 1 saturated heterocycles. The summed E-state index contributed by atoms with van der Waals surface area (Å²) < 4.78 is 23.3. The van der Waals surface area contributed by atoms with Gasteiger partial charge in [0.1, 0.15) is 6.67 Å². The molecule has 1 aliphatic heterocycles. The average Bonchev–Trinajstić information content (AvgIpc) is 3.14. The third-order valence-corrected chi connectivity index (χ3v) is 4.94. The lowest BCUT2D eigenvalue weighted by atomic mass is 10.1. The summed E-state index contributed by atoms with van der Waals surface area (Å²) >= 11 is 0. The summed E-state index contributed by atoms with van der Waals surface area (Å²) in [6.45, 7) is 1.66. The largest absolute Gasteiger partial charge is 0.381 e. The van der Waals surface area contributed by atoms with Gasteiger partial charge in [-0.15, -0.1) is 0 Å². The molecule has 0 amide bonds. The normalized spacial score (nSPS) is 15.3. The summed E-state index contributed by atoms with van der Waals surface area (Å²) in [6, 6.07) is 17.1. The molecule has 2 heterocycles. The maximum Gasteiger partial charge on any atom is 0.113 e. The Labute approximate surface area is 158 Å². The Kier molecular flexibility index (Phi) is 5.70. The molecule has 5 heteroatoms. The monoisotopic (exact) mass is 368 g/mol. The number of rotatable bonds is 7. The second-order valence-corrected chi connectivity index (χ2v) is 6.93. The minimum absolute atomic E-state index is 0.128. The first kappa shape index (κ1) is 18.0. The number of nitrogens with one attached hydrogen (secondary N) is 2. The van der Waals surface area contributed by atoms with Crippen molar-refractivity contribution in [3.05, 3.63) is 54.1 Å². The molecule has 2 aromatic carbocycles. The highest BCUT2D eigenvalue weighted by Crippen LogP contribution is 2.31. The molecule has 142 valence electrons. The molecule has 3 aromatic rings. The van der Waals surface area contributed by atoms with Crippen molar-refractivity contribution in [1.29, 1.82) is 0 Å². The van der Waals surface area contributed by atoms with Crippen molar-refractivity contribution in [2.45, 2.75) is 25.5 Å². The van der Waals surface area contributed by atoms with Crippen LogP contribution in [0.2, 0.25) is 0 Å². The van der Waals surface area contributed by atoms with Crippen molar-refractivity contribution in [2.75, 3.05) is 31.8 Å². The Balaban J connectivity index is 1.68. The molecule has 0 unspecified atom stereocenters. The van der Waals surface area contributed by atoms with Crippen LogP contribution in [0.1, 0.15) is 18.4 Å². The van der Waals surface area contributed by atoms with Crippen LogP contribution in [0.4, 0.5) is 10.1 Å². The van der Waals surface area contributed by atoms with Gasteiger partial charge >= 0.3 is 0 Å². The highest BCUT2D eigenvalue weighted by molar-refractivity contribution is 5.95. The Morgan fingerprint density at radius 1 is 1.11 bits per heavy atom. The van der Waals surface area contributed by atoms with Gasteiger partial charge in [0, 0.05) is 30.3 Å². The van der Waals surface area contributed by atoms with E-state index in [1.54, 1.807) is 0 Å². The molecule has 0 aliphatic carbocycles. The second-order valence-electron chi connectivity index (χ2n) is 6.93. The van der Waals surface area contributed by atoms with E-state index < -0.39 is 6.67 Å². The van der Waals surface area contributed by atoms with E-state index >= 15 is 0 Å². The average molecular weight is 368 g/mol. The standard InChI is InChI=1S/C22H25FN2O2/c23-8-11-27-15-16-12-18-14-20(17-4-2-1-3-5-17)25-22(18)21(13-16)24-19-6-9-26-10-7-19/h1-5,12-14,19,24-25H,6-11,15H2. The SMILES string of the molecule is FCCOCc1cc(NC2CCOCC2)c2[nH]c(-c3ccccc3)cc2c1. The van der Waals surface area contributed by atoms with E-state index in [2.05, 4.69) is 40.6 Å². The number of anilines is 1. The van der Waals surface area contributed by atoms with Crippen LogP contribution in [-0.4, -0.2) is 37.5 Å². The van der Waals surface area contributed by atoms with Crippen LogP contribution in [0.3, 0.4) is 0 Å². The number of benzene rings is 2. The third kappa shape index (κ3) is 4.31. The molecule has 1 aromatic heterocycles. The lowest BCUT2D eigenvalue weighted by molar-refractivity contribution is 0.0904. The van der Waals surface area contributed by atoms with Gasteiger partial charge in [0.05, 0.1) is 24.4 Å². The predicted molar refractivity (Wildman–Crippen MR) is 107 cm³/mol. The van der Waals surface area contributed by atoms with Crippen molar-refractivity contribution >= 4 is 16.6 Å². The van der Waals surface area contributed by atoms with Crippen LogP contribution < -0.4 is 5.32 Å². The van der Waals surface area contributed by atoms with Gasteiger partial charge in [0.15, 0.2) is 0 Å². The Hall–Kier alpha value is -2.37. The first-order valence-electron chi connectivity index (χ1n) is 9.52. The molecule has 4 nitrogen and oxygen atoms in total. The van der Waals surface area contributed by atoms with Crippen LogP contribution in [0, 0.1) is 0 Å². The van der Waals surface area contributed by atoms with E-state index in [-0.39, 0.29) is 6.61 Å². The number of fused-ring (bicyclic) bond motifs is 1. The fourth-order valence-corrected chi connectivity index (χ4v) is 3.58. The molecule has 4 rings (SSSR count). The van der Waals surface area contributed by atoms with Gasteiger partial charge < -0.3 is 19.8 Å². The van der Waals surface area contributed by atoms with Gasteiger partial charge in [-0.2, -0.15) is 0 Å². The maximum absolute atomic E-state index is 12.4. The predicted octanol–water partition coefficient (Wildman–Crippen LogP) is 4.91. The molecular weight excluding hydrogens is 343 g/mol. The Morgan fingerprint density at radius 3 is 2.70 bits per heavy atom. The van der Waals surface area contributed by atoms with Gasteiger partial charge in [-0.3, -0.25) is 0 Å². The van der Waals surface area contributed by atoms with E-state index in [1.807, 2.05) is 18.2 Å². The highest BCUT2D eigenvalue weighted by atomic mass is 19.1. The highest BCUT2D eigenvalue weighted by Gasteiger charge is 2.16. The number of aromatic nitrogens is 1. The van der Waals surface area contributed by atoms with Gasteiger partial charge in [0.2, 0.25) is 0 Å². The first-order chi connectivity index (χ1) is 13.3. The molecule has 0 spiro atoms. The van der Waals surface area contributed by atoms with E-state index in [0.717, 1.165) is 59.5 Å². The first-order valence-corrected chi connectivity index (χ1v) is 9.52. The van der Waals surface area contributed by atoms with Crippen molar-refractivity contribution in [1.82, 2.24) is 4.98 Å². The number of alkyl halides is 1. The summed E-state index contributed by atoms with van der Waals surface area (Å²) in [7, 11) is 0. The number of hydrogen-bond acceptors (Lipinski definition) is 3. The molecule has 0 atom stereocenters. The van der Waals surface area contributed by atoms with Gasteiger partial charge in [-0.05, 0) is 42.2 Å². The fraction of sp³-hybridized carbons (Fsp3) is 0.364. The zero-order chi connectivity index (χ0) is 18.5. The summed E-state index contributed by atoms with van der Waals surface area (Å²) in [5, 5.41) is 4.81.